The van der Waals surface area contributed by atoms with Crippen molar-refractivity contribution < 1.29 is 0 Å². The number of aryl methyl sites for hydroxylation is 1. The molecule has 10 heavy (non-hydrogen) atoms. The Morgan fingerprint density at radius 3 is 2.60 bits per heavy atom. The van der Waals surface area contributed by atoms with Gasteiger partial charge in [-0.3, -0.25) is 0 Å². The van der Waals surface area contributed by atoms with Crippen LogP contribution in [-0.2, 0) is 5.75 Å². The Morgan fingerprint density at radius 1 is 1.40 bits per heavy atom. The van der Waals surface area contributed by atoms with Gasteiger partial charge in [0.25, 0.3) is 0 Å². The maximum Gasteiger partial charge on any atom is 0.0165 e. The predicted octanol–water partition coefficient (Wildman–Crippen LogP) is 2.71. The van der Waals surface area contributed by atoms with Crippen molar-refractivity contribution in [2.45, 2.75) is 17.6 Å². The van der Waals surface area contributed by atoms with Crippen LogP contribution in [0.1, 0.15) is 11.1 Å². The highest BCUT2D eigenvalue weighted by Crippen LogP contribution is 2.16. The van der Waals surface area contributed by atoms with Crippen molar-refractivity contribution in [3.8, 4) is 0 Å². The molecular weight excluding hydrogens is 160 g/mol. The maximum absolute atomic E-state index is 4.28. The van der Waals surface area contributed by atoms with E-state index in [1.54, 1.807) is 0 Å². The summed E-state index contributed by atoms with van der Waals surface area (Å²) >= 11 is 8.45. The molecule has 0 aliphatic carbocycles. The van der Waals surface area contributed by atoms with Crippen LogP contribution < -0.4 is 0 Å². The van der Waals surface area contributed by atoms with Gasteiger partial charge in [0.05, 0.1) is 0 Å². The van der Waals surface area contributed by atoms with Crippen LogP contribution in [0.15, 0.2) is 23.1 Å². The second kappa shape index (κ2) is 3.35. The van der Waals surface area contributed by atoms with E-state index >= 15 is 0 Å². The van der Waals surface area contributed by atoms with Gasteiger partial charge in [-0.25, -0.2) is 0 Å². The first kappa shape index (κ1) is 8.02. The molecular formula is C8H10S2. The van der Waals surface area contributed by atoms with Crippen LogP contribution in [0.3, 0.4) is 0 Å². The van der Waals surface area contributed by atoms with E-state index in [-0.39, 0.29) is 0 Å². The average molecular weight is 170 g/mol. The van der Waals surface area contributed by atoms with Crippen molar-refractivity contribution in [1.82, 2.24) is 0 Å². The molecule has 0 bridgehead atoms. The van der Waals surface area contributed by atoms with Crippen molar-refractivity contribution >= 4 is 25.3 Å². The predicted molar refractivity (Wildman–Crippen MR) is 51.1 cm³/mol. The van der Waals surface area contributed by atoms with Crippen molar-refractivity contribution in [3.05, 3.63) is 29.3 Å². The molecule has 0 unspecified atom stereocenters. The Balaban J connectivity index is 3.09. The fourth-order valence-electron chi connectivity index (χ4n) is 0.841. The van der Waals surface area contributed by atoms with Gasteiger partial charge in [-0.05, 0) is 18.6 Å². The van der Waals surface area contributed by atoms with Gasteiger partial charge < -0.3 is 0 Å². The Hall–Kier alpha value is -0.0800. The highest BCUT2D eigenvalue weighted by Gasteiger charge is 1.94. The summed E-state index contributed by atoms with van der Waals surface area (Å²) in [5, 5.41) is 0. The SMILES string of the molecule is Cc1ccc(S)c(CS)c1. The van der Waals surface area contributed by atoms with E-state index in [1.807, 2.05) is 6.07 Å². The zero-order chi connectivity index (χ0) is 7.56. The molecule has 0 aliphatic rings. The third kappa shape index (κ3) is 1.70. The molecule has 0 amide bonds. The van der Waals surface area contributed by atoms with Gasteiger partial charge in [0.2, 0.25) is 0 Å². The third-order valence-electron chi connectivity index (χ3n) is 1.41. The zero-order valence-electron chi connectivity index (χ0n) is 5.83. The van der Waals surface area contributed by atoms with Gasteiger partial charge in [0.15, 0.2) is 0 Å². The van der Waals surface area contributed by atoms with Gasteiger partial charge in [0, 0.05) is 10.6 Å². The first-order chi connectivity index (χ1) is 4.74. The minimum absolute atomic E-state index is 0.764. The largest absolute Gasteiger partial charge is 0.175 e. The number of benzene rings is 1. The molecule has 1 aromatic carbocycles. The fourth-order valence-corrected chi connectivity index (χ4v) is 1.45. The summed E-state index contributed by atoms with van der Waals surface area (Å²) in [6.07, 6.45) is 0. The van der Waals surface area contributed by atoms with E-state index in [9.17, 15) is 0 Å². The van der Waals surface area contributed by atoms with Gasteiger partial charge in [-0.15, -0.1) is 12.6 Å². The van der Waals surface area contributed by atoms with E-state index in [0.29, 0.717) is 0 Å². The minimum atomic E-state index is 0.764. The first-order valence-corrected chi connectivity index (χ1v) is 4.21. The summed E-state index contributed by atoms with van der Waals surface area (Å²) in [5.74, 6) is 0.764. The van der Waals surface area contributed by atoms with Gasteiger partial charge in [-0.2, -0.15) is 12.6 Å². The molecule has 1 rings (SSSR count). The highest BCUT2D eigenvalue weighted by atomic mass is 32.1. The van der Waals surface area contributed by atoms with Crippen molar-refractivity contribution in [2.24, 2.45) is 0 Å². The zero-order valence-corrected chi connectivity index (χ0v) is 7.62. The summed E-state index contributed by atoms with van der Waals surface area (Å²) in [6, 6.07) is 6.16. The molecule has 0 N–H and O–H groups in total. The van der Waals surface area contributed by atoms with Crippen LogP contribution in [-0.4, -0.2) is 0 Å². The Morgan fingerprint density at radius 2 is 2.10 bits per heavy atom. The van der Waals surface area contributed by atoms with E-state index in [2.05, 4.69) is 44.3 Å². The van der Waals surface area contributed by atoms with E-state index in [4.69, 9.17) is 0 Å². The summed E-state index contributed by atoms with van der Waals surface area (Å²) in [7, 11) is 0. The monoisotopic (exact) mass is 170 g/mol. The molecule has 1 aromatic rings. The fraction of sp³-hybridized carbons (Fsp3) is 0.250. The van der Waals surface area contributed by atoms with Crippen LogP contribution in [0.5, 0.6) is 0 Å². The molecule has 0 saturated carbocycles. The molecule has 0 heterocycles. The van der Waals surface area contributed by atoms with Gasteiger partial charge in [-0.1, -0.05) is 17.7 Å². The third-order valence-corrected chi connectivity index (χ3v) is 2.18. The second-order valence-corrected chi connectivity index (χ2v) is 3.09. The molecule has 2 heteroatoms. The minimum Gasteiger partial charge on any atom is -0.175 e. The molecule has 0 nitrogen and oxygen atoms in total. The molecule has 0 fully saturated rings. The lowest BCUT2D eigenvalue weighted by Crippen LogP contribution is -1.81. The smallest absolute Gasteiger partial charge is 0.0165 e. The summed E-state index contributed by atoms with van der Waals surface area (Å²) in [6.45, 7) is 2.07. The number of thiol groups is 2. The normalized spacial score (nSPS) is 9.90. The van der Waals surface area contributed by atoms with E-state index < -0.39 is 0 Å². The summed E-state index contributed by atoms with van der Waals surface area (Å²) < 4.78 is 0. The lowest BCUT2D eigenvalue weighted by Gasteiger charge is -2.01. The van der Waals surface area contributed by atoms with Crippen molar-refractivity contribution in [2.75, 3.05) is 0 Å². The first-order valence-electron chi connectivity index (χ1n) is 3.13. The van der Waals surface area contributed by atoms with Crippen LogP contribution in [0.25, 0.3) is 0 Å². The lowest BCUT2D eigenvalue weighted by atomic mass is 10.2. The topological polar surface area (TPSA) is 0 Å². The highest BCUT2D eigenvalue weighted by molar-refractivity contribution is 7.80. The van der Waals surface area contributed by atoms with Crippen LogP contribution >= 0.6 is 25.3 Å². The molecule has 54 valence electrons. The average Bonchev–Trinajstić information content (AvgIpc) is 1.94. The van der Waals surface area contributed by atoms with Crippen LogP contribution in [0.4, 0.5) is 0 Å². The Bertz CT molecular complexity index is 231. The summed E-state index contributed by atoms with van der Waals surface area (Å²) in [5.41, 5.74) is 2.47. The van der Waals surface area contributed by atoms with Crippen LogP contribution in [0.2, 0.25) is 0 Å². The molecule has 0 spiro atoms. The number of hydrogen-bond acceptors (Lipinski definition) is 2. The molecule has 0 aliphatic heterocycles. The molecule has 0 atom stereocenters. The van der Waals surface area contributed by atoms with Crippen molar-refractivity contribution in [3.63, 3.8) is 0 Å². The van der Waals surface area contributed by atoms with Gasteiger partial charge >= 0.3 is 0 Å². The lowest BCUT2D eigenvalue weighted by molar-refractivity contribution is 1.25. The summed E-state index contributed by atoms with van der Waals surface area (Å²) in [4.78, 5) is 1.03. The second-order valence-electron chi connectivity index (χ2n) is 2.29. The molecule has 0 radical (unpaired) electrons. The van der Waals surface area contributed by atoms with E-state index in [1.165, 1.54) is 11.1 Å². The maximum atomic E-state index is 4.28. The number of hydrogen-bond donors (Lipinski definition) is 2. The van der Waals surface area contributed by atoms with E-state index in [0.717, 1.165) is 10.6 Å². The number of rotatable bonds is 1. The Labute approximate surface area is 72.5 Å². The molecule has 0 saturated heterocycles. The van der Waals surface area contributed by atoms with Crippen molar-refractivity contribution in [1.29, 1.82) is 0 Å². The quantitative estimate of drug-likeness (QED) is 0.595. The standard InChI is InChI=1S/C8H10S2/c1-6-2-3-8(10)7(4-6)5-9/h2-4,9-10H,5H2,1H3. The molecule has 0 aromatic heterocycles. The van der Waals surface area contributed by atoms with Gasteiger partial charge in [0.1, 0.15) is 0 Å². The Kier molecular flexibility index (Phi) is 2.69. The van der Waals surface area contributed by atoms with Crippen LogP contribution in [0, 0.1) is 6.92 Å².